The van der Waals surface area contributed by atoms with Crippen LogP contribution in [0.25, 0.3) is 11.4 Å². The maximum Gasteiger partial charge on any atom is 0.141 e. The fraction of sp³-hybridized carbons (Fsp3) is 0.143. The molecule has 0 aliphatic heterocycles. The van der Waals surface area contributed by atoms with Crippen LogP contribution in [0.4, 0.5) is 0 Å². The fourth-order valence-corrected chi connectivity index (χ4v) is 1.79. The zero-order valence-electron chi connectivity index (χ0n) is 12.2. The van der Waals surface area contributed by atoms with Gasteiger partial charge in [0.15, 0.2) is 0 Å². The third-order valence-electron chi connectivity index (χ3n) is 2.88. The Kier molecular flexibility index (Phi) is 4.21. The van der Waals surface area contributed by atoms with Gasteiger partial charge < -0.3 is 20.9 Å². The quantitative estimate of drug-likeness (QED) is 0.473. The van der Waals surface area contributed by atoms with E-state index in [2.05, 4.69) is 9.97 Å². The Labute approximate surface area is 127 Å². The Balaban J connectivity index is 2.64. The molecule has 0 saturated heterocycles. The van der Waals surface area contributed by atoms with E-state index < -0.39 is 0 Å². The molecule has 2 rings (SSSR count). The zero-order chi connectivity index (χ0) is 16.3. The summed E-state index contributed by atoms with van der Waals surface area (Å²) in [4.78, 5) is 8.54. The second-order valence-electron chi connectivity index (χ2n) is 4.38. The Hall–Kier alpha value is -3.16. The highest BCUT2D eigenvalue weighted by Gasteiger charge is 2.12. The molecule has 8 nitrogen and oxygen atoms in total. The number of nitrogens with one attached hydrogen (secondary N) is 2. The smallest absolute Gasteiger partial charge is 0.141 e. The molecule has 0 aliphatic rings. The van der Waals surface area contributed by atoms with Gasteiger partial charge in [0, 0.05) is 24.3 Å². The molecule has 0 fully saturated rings. The lowest BCUT2D eigenvalue weighted by atomic mass is 10.2. The van der Waals surface area contributed by atoms with Crippen molar-refractivity contribution in [1.82, 2.24) is 9.97 Å². The molecule has 22 heavy (non-hydrogen) atoms. The molecule has 0 aliphatic carbocycles. The highest BCUT2D eigenvalue weighted by Crippen LogP contribution is 2.25. The molecule has 0 unspecified atom stereocenters. The molecule has 2 aromatic heterocycles. The van der Waals surface area contributed by atoms with Gasteiger partial charge in [-0.05, 0) is 0 Å². The van der Waals surface area contributed by atoms with Crippen molar-refractivity contribution in [2.45, 2.75) is 0 Å². The van der Waals surface area contributed by atoms with Gasteiger partial charge in [-0.3, -0.25) is 10.8 Å². The molecular weight excluding hydrogens is 284 g/mol. The van der Waals surface area contributed by atoms with Crippen LogP contribution in [0.2, 0.25) is 0 Å². The maximum absolute atomic E-state index is 7.52. The van der Waals surface area contributed by atoms with Crippen molar-refractivity contribution in [2.24, 2.45) is 11.5 Å². The number of hydrogen-bond donors (Lipinski definition) is 4. The van der Waals surface area contributed by atoms with E-state index in [4.69, 9.17) is 31.8 Å². The van der Waals surface area contributed by atoms with Crippen LogP contribution in [0.15, 0.2) is 24.3 Å². The average molecular weight is 300 g/mol. The van der Waals surface area contributed by atoms with E-state index in [0.29, 0.717) is 22.9 Å². The lowest BCUT2D eigenvalue weighted by molar-refractivity contribution is 0.413. The summed E-state index contributed by atoms with van der Waals surface area (Å²) in [6.45, 7) is 0. The number of nitrogens with two attached hydrogens (primary N) is 2. The van der Waals surface area contributed by atoms with Gasteiger partial charge in [0.05, 0.1) is 25.6 Å². The third-order valence-corrected chi connectivity index (χ3v) is 2.88. The highest BCUT2D eigenvalue weighted by molar-refractivity contribution is 5.95. The minimum Gasteiger partial charge on any atom is -0.497 e. The van der Waals surface area contributed by atoms with E-state index in [1.54, 1.807) is 24.3 Å². The summed E-state index contributed by atoms with van der Waals surface area (Å²) in [6.07, 6.45) is 0. The van der Waals surface area contributed by atoms with E-state index >= 15 is 0 Å². The molecule has 0 aromatic carbocycles. The first kappa shape index (κ1) is 15.2. The summed E-state index contributed by atoms with van der Waals surface area (Å²) < 4.78 is 10.4. The standard InChI is InChI=1S/C14H16N6O2/c1-21-7-3-9(19-11(5-7)13(15)16)10-4-8(22-2)6-12(20-10)14(17)18/h3-6H,1-2H3,(H3,15,16)(H3,17,18). The van der Waals surface area contributed by atoms with Crippen LogP contribution in [-0.4, -0.2) is 35.9 Å². The van der Waals surface area contributed by atoms with Crippen molar-refractivity contribution in [3.05, 3.63) is 35.7 Å². The van der Waals surface area contributed by atoms with Gasteiger partial charge in [-0.2, -0.15) is 0 Å². The molecule has 114 valence electrons. The van der Waals surface area contributed by atoms with Crippen molar-refractivity contribution in [1.29, 1.82) is 10.8 Å². The minimum absolute atomic E-state index is 0.185. The highest BCUT2D eigenvalue weighted by atomic mass is 16.5. The van der Waals surface area contributed by atoms with E-state index in [1.165, 1.54) is 14.2 Å². The molecule has 2 heterocycles. The van der Waals surface area contributed by atoms with Crippen LogP contribution in [0.1, 0.15) is 11.4 Å². The number of rotatable bonds is 5. The van der Waals surface area contributed by atoms with Gasteiger partial charge in [-0.25, -0.2) is 9.97 Å². The second-order valence-corrected chi connectivity index (χ2v) is 4.38. The largest absolute Gasteiger partial charge is 0.497 e. The molecule has 0 atom stereocenters. The van der Waals surface area contributed by atoms with Gasteiger partial charge >= 0.3 is 0 Å². The van der Waals surface area contributed by atoms with Crippen molar-refractivity contribution in [2.75, 3.05) is 14.2 Å². The zero-order valence-corrected chi connectivity index (χ0v) is 12.2. The Morgan fingerprint density at radius 2 is 1.18 bits per heavy atom. The summed E-state index contributed by atoms with van der Waals surface area (Å²) >= 11 is 0. The predicted molar refractivity (Wildman–Crippen MR) is 82.6 cm³/mol. The third kappa shape index (κ3) is 3.11. The average Bonchev–Trinajstić information content (AvgIpc) is 2.53. The number of aromatic nitrogens is 2. The van der Waals surface area contributed by atoms with Crippen LogP contribution in [0.3, 0.4) is 0 Å². The number of ether oxygens (including phenoxy) is 2. The number of nitrogens with zero attached hydrogens (tertiary/aromatic N) is 2. The lowest BCUT2D eigenvalue weighted by Crippen LogP contribution is -2.15. The lowest BCUT2D eigenvalue weighted by Gasteiger charge is -2.10. The number of amidine groups is 2. The molecule has 8 heteroatoms. The van der Waals surface area contributed by atoms with Crippen molar-refractivity contribution < 1.29 is 9.47 Å². The molecule has 0 amide bonds. The van der Waals surface area contributed by atoms with E-state index in [0.717, 1.165) is 0 Å². The van der Waals surface area contributed by atoms with Gasteiger partial charge in [-0.1, -0.05) is 0 Å². The first-order chi connectivity index (χ1) is 10.4. The van der Waals surface area contributed by atoms with Crippen molar-refractivity contribution in [3.8, 4) is 22.9 Å². The summed E-state index contributed by atoms with van der Waals surface area (Å²) in [5, 5.41) is 15.0. The number of hydrogen-bond acceptors (Lipinski definition) is 6. The summed E-state index contributed by atoms with van der Waals surface area (Å²) in [5.74, 6) is 0.609. The number of pyridine rings is 2. The number of nitrogen functional groups attached to an aromatic ring is 2. The first-order valence-electron chi connectivity index (χ1n) is 6.26. The molecular formula is C14H16N6O2. The summed E-state index contributed by atoms with van der Waals surface area (Å²) in [7, 11) is 3.01. The van der Waals surface area contributed by atoms with Gasteiger partial charge in [0.25, 0.3) is 0 Å². The molecule has 2 aromatic rings. The van der Waals surface area contributed by atoms with Crippen LogP contribution in [0, 0.1) is 10.8 Å². The minimum atomic E-state index is -0.185. The van der Waals surface area contributed by atoms with Crippen molar-refractivity contribution >= 4 is 11.7 Å². The first-order valence-corrected chi connectivity index (χ1v) is 6.26. The van der Waals surface area contributed by atoms with Crippen LogP contribution >= 0.6 is 0 Å². The Morgan fingerprint density at radius 1 is 0.818 bits per heavy atom. The maximum atomic E-state index is 7.52. The van der Waals surface area contributed by atoms with Gasteiger partial charge in [-0.15, -0.1) is 0 Å². The number of methoxy groups -OCH3 is 2. The Bertz CT molecular complexity index is 681. The molecule has 0 bridgehead atoms. The van der Waals surface area contributed by atoms with Crippen LogP contribution in [-0.2, 0) is 0 Å². The topological polar surface area (TPSA) is 144 Å². The van der Waals surface area contributed by atoms with Crippen molar-refractivity contribution in [3.63, 3.8) is 0 Å². The van der Waals surface area contributed by atoms with Crippen LogP contribution in [0.5, 0.6) is 11.5 Å². The molecule has 0 saturated carbocycles. The fourth-order valence-electron chi connectivity index (χ4n) is 1.79. The summed E-state index contributed by atoms with van der Waals surface area (Å²) in [6, 6.07) is 6.41. The van der Waals surface area contributed by atoms with E-state index in [-0.39, 0.29) is 23.1 Å². The Morgan fingerprint density at radius 3 is 1.45 bits per heavy atom. The molecule has 0 radical (unpaired) electrons. The van der Waals surface area contributed by atoms with E-state index in [1.807, 2.05) is 0 Å². The normalized spacial score (nSPS) is 10.1. The van der Waals surface area contributed by atoms with Gasteiger partial charge in [0.1, 0.15) is 34.6 Å². The second kappa shape index (κ2) is 6.08. The summed E-state index contributed by atoms with van der Waals surface area (Å²) in [5.41, 5.74) is 12.4. The van der Waals surface area contributed by atoms with Gasteiger partial charge in [0.2, 0.25) is 0 Å². The SMILES string of the molecule is COc1cc(C(=N)N)nc(-c2cc(OC)cc(C(=N)N)n2)c1. The van der Waals surface area contributed by atoms with Crippen LogP contribution < -0.4 is 20.9 Å². The predicted octanol–water partition coefficient (Wildman–Crippen LogP) is 0.729. The monoisotopic (exact) mass is 300 g/mol. The van der Waals surface area contributed by atoms with E-state index in [9.17, 15) is 0 Å². The molecule has 0 spiro atoms. The molecule has 6 N–H and O–H groups in total.